The summed E-state index contributed by atoms with van der Waals surface area (Å²) in [6.07, 6.45) is 2.14. The van der Waals surface area contributed by atoms with Gasteiger partial charge >= 0.3 is 0 Å². The third kappa shape index (κ3) is 6.04. The zero-order valence-electron chi connectivity index (χ0n) is 41.7. The second-order valence-corrected chi connectivity index (χ2v) is 21.7. The Morgan fingerprint density at radius 2 is 0.539 bits per heavy atom. The minimum absolute atomic E-state index is 0.285. The summed E-state index contributed by atoms with van der Waals surface area (Å²) in [5, 5.41) is 7.44. The zero-order valence-corrected chi connectivity index (χ0v) is 41.7. The van der Waals surface area contributed by atoms with Crippen molar-refractivity contribution < 1.29 is 0 Å². The Morgan fingerprint density at radius 1 is 0.237 bits per heavy atom. The van der Waals surface area contributed by atoms with Crippen LogP contribution >= 0.6 is 0 Å². The van der Waals surface area contributed by atoms with Crippen molar-refractivity contribution in [1.82, 2.24) is 9.97 Å². The van der Waals surface area contributed by atoms with Gasteiger partial charge in [0.05, 0.1) is 22.4 Å². The van der Waals surface area contributed by atoms with Crippen LogP contribution in [0.2, 0.25) is 0 Å². The Balaban J connectivity index is 0.996. The van der Waals surface area contributed by atoms with Crippen molar-refractivity contribution in [3.63, 3.8) is 0 Å². The maximum atomic E-state index is 5.91. The second-order valence-electron chi connectivity index (χ2n) is 21.7. The molecule has 354 valence electrons. The molecule has 4 atom stereocenters. The first kappa shape index (κ1) is 42.2. The molecule has 4 unspecified atom stereocenters. The van der Waals surface area contributed by atoms with Gasteiger partial charge in [-0.1, -0.05) is 206 Å². The van der Waals surface area contributed by atoms with Gasteiger partial charge in [-0.3, -0.25) is 0 Å². The maximum absolute atomic E-state index is 5.91. The third-order valence-corrected chi connectivity index (χ3v) is 17.9. The molecule has 0 amide bonds. The molecule has 0 N–H and O–H groups in total. The molecule has 17 rings (SSSR count). The molecular weight excluding hydrogens is 917 g/mol. The lowest BCUT2D eigenvalue weighted by atomic mass is 9.79. The van der Waals surface area contributed by atoms with Crippen LogP contribution in [0, 0.1) is 0 Å². The molecule has 4 aliphatic carbocycles. The molecule has 0 saturated heterocycles. The molecule has 2 aromatic heterocycles. The molecule has 2 heterocycles. The predicted octanol–water partition coefficient (Wildman–Crippen LogP) is 19.1. The average Bonchev–Trinajstić information content (AvgIpc) is 4.29. The normalized spacial score (nSPS) is 17.4. The van der Waals surface area contributed by atoms with E-state index in [9.17, 15) is 0 Å². The summed E-state index contributed by atoms with van der Waals surface area (Å²) >= 11 is 0. The monoisotopic (exact) mass is 964 g/mol. The van der Waals surface area contributed by atoms with E-state index in [-0.39, 0.29) is 11.8 Å². The molecule has 13 aromatic rings. The standard InChI is InChI=1S/C74H48N2/c1-5-19-43(20-6-1)47-27-17-29-49(35-47)73-71-57-37-55(51-31-13-15-33-53(51)57)69(71)63-39-59-61(41-65(63)75-73)67(45-23-9-3-10-24-45)60-40-64-66(42-62(60)68(59)46-25-11-4-12-26-46)76-74(50-30-18-28-48(36-50)44-21-7-2-8-22-44)72-58-38-56(70(64)72)52-32-14-16-34-54(52)58/h1-36,39-42,55-58H,37-38H2. The molecule has 2 nitrogen and oxygen atoms in total. The zero-order chi connectivity index (χ0) is 49.6. The molecule has 0 saturated carbocycles. The van der Waals surface area contributed by atoms with Crippen LogP contribution in [-0.2, 0) is 0 Å². The highest BCUT2D eigenvalue weighted by molar-refractivity contribution is 6.25. The first-order valence-electron chi connectivity index (χ1n) is 27.1. The predicted molar refractivity (Wildman–Crippen MR) is 314 cm³/mol. The van der Waals surface area contributed by atoms with Gasteiger partial charge in [-0.25, -0.2) is 9.97 Å². The SMILES string of the molecule is c1ccc(-c2cccc(-c3nc4cc5c(-c6ccccc6)c6cc7c8c(c(-c9cccc(-c%10ccccc%10)c9)nc7cc6c(-c6ccccc6)c5cc4c4c3C3CC4c4ccccc43)C3CC8c4ccccc43)c2)cc1. The van der Waals surface area contributed by atoms with Crippen LogP contribution in [0.25, 0.3) is 110 Å². The van der Waals surface area contributed by atoms with Gasteiger partial charge in [-0.05, 0) is 160 Å². The first-order valence-corrected chi connectivity index (χ1v) is 27.1. The van der Waals surface area contributed by atoms with Crippen molar-refractivity contribution >= 4 is 43.4 Å². The van der Waals surface area contributed by atoms with Crippen LogP contribution in [0.4, 0.5) is 0 Å². The van der Waals surface area contributed by atoms with E-state index in [4.69, 9.17) is 9.97 Å². The van der Waals surface area contributed by atoms with E-state index in [1.54, 1.807) is 0 Å². The number of nitrogens with zero attached hydrogens (tertiary/aromatic N) is 2. The number of pyridine rings is 2. The van der Waals surface area contributed by atoms with Crippen LogP contribution in [0.3, 0.4) is 0 Å². The van der Waals surface area contributed by atoms with E-state index in [0.29, 0.717) is 11.8 Å². The van der Waals surface area contributed by atoms with E-state index in [2.05, 4.69) is 243 Å². The molecular formula is C74H48N2. The highest BCUT2D eigenvalue weighted by atomic mass is 14.7. The van der Waals surface area contributed by atoms with Crippen molar-refractivity contribution in [2.24, 2.45) is 0 Å². The topological polar surface area (TPSA) is 25.8 Å². The summed E-state index contributed by atoms with van der Waals surface area (Å²) in [6.45, 7) is 0. The lowest BCUT2D eigenvalue weighted by Crippen LogP contribution is -2.08. The largest absolute Gasteiger partial charge is 0.247 e. The quantitative estimate of drug-likeness (QED) is 0.155. The maximum Gasteiger partial charge on any atom is 0.0751 e. The summed E-state index contributed by atoms with van der Waals surface area (Å²) in [6, 6.07) is 90.5. The smallest absolute Gasteiger partial charge is 0.0751 e. The molecule has 2 heteroatoms. The molecule has 4 bridgehead atoms. The Labute approximate surface area is 441 Å². The fourth-order valence-corrected chi connectivity index (χ4v) is 14.9. The molecule has 11 aromatic carbocycles. The first-order chi connectivity index (χ1) is 37.7. The molecule has 0 spiro atoms. The Morgan fingerprint density at radius 3 is 0.921 bits per heavy atom. The fraction of sp³-hybridized carbons (Fsp3) is 0.0811. The van der Waals surface area contributed by atoms with E-state index in [0.717, 1.165) is 35.3 Å². The van der Waals surface area contributed by atoms with Crippen molar-refractivity contribution in [2.45, 2.75) is 36.5 Å². The lowest BCUT2D eigenvalue weighted by Gasteiger charge is -2.26. The van der Waals surface area contributed by atoms with Crippen LogP contribution in [0.15, 0.2) is 243 Å². The molecule has 76 heavy (non-hydrogen) atoms. The second kappa shape index (κ2) is 16.1. The molecule has 0 aliphatic heterocycles. The van der Waals surface area contributed by atoms with Crippen molar-refractivity contribution in [2.75, 3.05) is 0 Å². The highest BCUT2D eigenvalue weighted by Crippen LogP contribution is 2.62. The van der Waals surface area contributed by atoms with E-state index >= 15 is 0 Å². The number of hydrogen-bond donors (Lipinski definition) is 0. The minimum Gasteiger partial charge on any atom is -0.247 e. The van der Waals surface area contributed by atoms with E-state index in [1.165, 1.54) is 132 Å². The summed E-state index contributed by atoms with van der Waals surface area (Å²) in [4.78, 5) is 11.8. The van der Waals surface area contributed by atoms with E-state index < -0.39 is 0 Å². The van der Waals surface area contributed by atoms with E-state index in [1.807, 2.05) is 0 Å². The van der Waals surface area contributed by atoms with Crippen LogP contribution in [0.5, 0.6) is 0 Å². The fourth-order valence-electron chi connectivity index (χ4n) is 14.9. The highest BCUT2D eigenvalue weighted by Gasteiger charge is 2.46. The average molecular weight is 965 g/mol. The van der Waals surface area contributed by atoms with Gasteiger partial charge < -0.3 is 0 Å². The number of aromatic nitrogens is 2. The van der Waals surface area contributed by atoms with Crippen molar-refractivity contribution in [3.05, 3.63) is 287 Å². The summed E-state index contributed by atoms with van der Waals surface area (Å²) < 4.78 is 0. The van der Waals surface area contributed by atoms with Gasteiger partial charge in [0, 0.05) is 45.6 Å². The molecule has 4 aliphatic rings. The lowest BCUT2D eigenvalue weighted by molar-refractivity contribution is 0.797. The number of hydrogen-bond acceptors (Lipinski definition) is 2. The van der Waals surface area contributed by atoms with Gasteiger partial charge in [0.25, 0.3) is 0 Å². The summed E-state index contributed by atoms with van der Waals surface area (Å²) in [5.41, 5.74) is 27.9. The number of benzene rings is 11. The van der Waals surface area contributed by atoms with Gasteiger partial charge in [0.1, 0.15) is 0 Å². The minimum atomic E-state index is 0.285. The van der Waals surface area contributed by atoms with Crippen LogP contribution in [0.1, 0.15) is 81.0 Å². The summed E-state index contributed by atoms with van der Waals surface area (Å²) in [7, 11) is 0. The van der Waals surface area contributed by atoms with Crippen molar-refractivity contribution in [1.29, 1.82) is 0 Å². The van der Waals surface area contributed by atoms with Crippen molar-refractivity contribution in [3.8, 4) is 67.0 Å². The Hall–Kier alpha value is -9.24. The Kier molecular flexibility index (Phi) is 8.95. The Bertz CT molecular complexity index is 4280. The van der Waals surface area contributed by atoms with Gasteiger partial charge in [0.15, 0.2) is 0 Å². The van der Waals surface area contributed by atoms with Gasteiger partial charge in [-0.2, -0.15) is 0 Å². The number of rotatable bonds is 6. The summed E-state index contributed by atoms with van der Waals surface area (Å²) in [5.74, 6) is 1.15. The molecule has 0 radical (unpaired) electrons. The third-order valence-electron chi connectivity index (χ3n) is 17.9. The van der Waals surface area contributed by atoms with Gasteiger partial charge in [0.2, 0.25) is 0 Å². The van der Waals surface area contributed by atoms with Crippen LogP contribution in [-0.4, -0.2) is 9.97 Å². The molecule has 0 fully saturated rings. The van der Waals surface area contributed by atoms with Crippen LogP contribution < -0.4 is 0 Å². The van der Waals surface area contributed by atoms with Gasteiger partial charge in [-0.15, -0.1) is 0 Å². The number of fused-ring (bicyclic) bond motifs is 22.